The minimum absolute atomic E-state index is 0.0140. The van der Waals surface area contributed by atoms with E-state index in [9.17, 15) is 18.6 Å². The Hall–Kier alpha value is -2.12. The van der Waals surface area contributed by atoms with E-state index in [2.05, 4.69) is 11.8 Å². The summed E-state index contributed by atoms with van der Waals surface area (Å²) >= 11 is 0. The Morgan fingerprint density at radius 1 is 1.19 bits per heavy atom. The summed E-state index contributed by atoms with van der Waals surface area (Å²) < 4.78 is 35.6. The Labute approximate surface area is 192 Å². The monoisotopic (exact) mass is 474 g/mol. The van der Waals surface area contributed by atoms with E-state index in [-0.39, 0.29) is 30.2 Å². The number of aliphatic hydroxyl groups excluding tert-OH is 2. The third kappa shape index (κ3) is 6.94. The molecule has 0 saturated carbocycles. The van der Waals surface area contributed by atoms with Crippen LogP contribution in [0.5, 0.6) is 0 Å². The molecule has 8 heteroatoms. The minimum Gasteiger partial charge on any atom is -0.394 e. The quantitative estimate of drug-likeness (QED) is 0.272. The predicted octanol–water partition coefficient (Wildman–Crippen LogP) is 2.88. The van der Waals surface area contributed by atoms with Crippen LogP contribution in [0.1, 0.15) is 12.0 Å². The van der Waals surface area contributed by atoms with Gasteiger partial charge in [-0.05, 0) is 36.8 Å². The van der Waals surface area contributed by atoms with Gasteiger partial charge in [-0.1, -0.05) is 53.8 Å². The van der Waals surface area contributed by atoms with Crippen molar-refractivity contribution in [1.82, 2.24) is 0 Å². The topological polar surface area (TPSA) is 93.1 Å². The van der Waals surface area contributed by atoms with Crippen molar-refractivity contribution in [3.63, 3.8) is 0 Å². The Balaban J connectivity index is 1.51. The fraction of sp³-hybridized carbons (Fsp3) is 0.333. The zero-order chi connectivity index (χ0) is 23.0. The van der Waals surface area contributed by atoms with E-state index < -0.39 is 21.1 Å². The van der Waals surface area contributed by atoms with Gasteiger partial charge in [0, 0.05) is 22.8 Å². The molecule has 1 fully saturated rings. The van der Waals surface area contributed by atoms with Crippen LogP contribution in [-0.4, -0.2) is 56.1 Å². The summed E-state index contributed by atoms with van der Waals surface area (Å²) in [5.74, 6) is 5.87. The Bertz CT molecular complexity index is 1070. The summed E-state index contributed by atoms with van der Waals surface area (Å²) in [6.45, 7) is 1.79. The highest BCUT2D eigenvalue weighted by Crippen LogP contribution is 2.27. The van der Waals surface area contributed by atoms with Gasteiger partial charge < -0.3 is 19.7 Å². The summed E-state index contributed by atoms with van der Waals surface area (Å²) in [4.78, 5) is 0.257. The van der Waals surface area contributed by atoms with Crippen molar-refractivity contribution in [1.29, 1.82) is 0 Å². The van der Waals surface area contributed by atoms with Gasteiger partial charge in [0.05, 0.1) is 23.7 Å². The highest BCUT2D eigenvalue weighted by atomic mass is 33.1. The van der Waals surface area contributed by atoms with Gasteiger partial charge in [0.2, 0.25) is 8.87 Å². The van der Waals surface area contributed by atoms with Crippen molar-refractivity contribution >= 4 is 19.7 Å². The third-order valence-corrected chi connectivity index (χ3v) is 8.13. The van der Waals surface area contributed by atoms with Crippen molar-refractivity contribution in [3.05, 3.63) is 77.4 Å². The summed E-state index contributed by atoms with van der Waals surface area (Å²) in [6, 6.07) is 6.69. The lowest BCUT2D eigenvalue weighted by Gasteiger charge is -2.13. The lowest BCUT2D eigenvalue weighted by Crippen LogP contribution is -2.24. The number of rotatable bonds is 7. The highest BCUT2D eigenvalue weighted by Gasteiger charge is 2.34. The molecular weight excluding hydrogens is 448 g/mol. The van der Waals surface area contributed by atoms with E-state index in [1.807, 2.05) is 43.4 Å². The Morgan fingerprint density at radius 3 is 2.66 bits per heavy atom. The average Bonchev–Trinajstić information content (AvgIpc) is 3.12. The Morgan fingerprint density at radius 2 is 1.94 bits per heavy atom. The molecule has 0 aromatic heterocycles. The number of hydrogen-bond donors (Lipinski definition) is 2. The van der Waals surface area contributed by atoms with Gasteiger partial charge >= 0.3 is 0 Å². The predicted molar refractivity (Wildman–Crippen MR) is 125 cm³/mol. The molecule has 3 rings (SSSR count). The van der Waals surface area contributed by atoms with Crippen LogP contribution in [0, 0.1) is 18.8 Å². The van der Waals surface area contributed by atoms with Crippen LogP contribution in [0.25, 0.3) is 0 Å². The first kappa shape index (κ1) is 24.5. The molecule has 6 nitrogen and oxygen atoms in total. The molecular formula is C24H26O6S2. The number of ether oxygens (including phenoxy) is 2. The molecule has 1 saturated heterocycles. The van der Waals surface area contributed by atoms with Crippen LogP contribution in [0.15, 0.2) is 76.8 Å². The SMILES string of the molecule is Cc1ccc(S(=O)(=O)SCOCC#CC2=CC=C(C3CC(O)C(CO)O3)C=CC=C2)cc1. The first-order chi connectivity index (χ1) is 15.4. The second kappa shape index (κ2) is 11.7. The van der Waals surface area contributed by atoms with E-state index >= 15 is 0 Å². The molecule has 1 aliphatic heterocycles. The summed E-state index contributed by atoms with van der Waals surface area (Å²) in [5, 5.41) is 19.2. The van der Waals surface area contributed by atoms with Crippen LogP contribution in [-0.2, 0) is 18.3 Å². The van der Waals surface area contributed by atoms with Crippen molar-refractivity contribution in [2.75, 3.05) is 19.2 Å². The molecule has 0 bridgehead atoms. The van der Waals surface area contributed by atoms with Gasteiger partial charge in [-0.2, -0.15) is 0 Å². The maximum Gasteiger partial charge on any atom is 0.232 e. The molecule has 3 unspecified atom stereocenters. The second-order valence-electron chi connectivity index (χ2n) is 7.31. The van der Waals surface area contributed by atoms with Crippen LogP contribution in [0.2, 0.25) is 0 Å². The van der Waals surface area contributed by atoms with Crippen LogP contribution in [0.4, 0.5) is 0 Å². The minimum atomic E-state index is -3.46. The van der Waals surface area contributed by atoms with E-state index in [4.69, 9.17) is 9.47 Å². The van der Waals surface area contributed by atoms with Crippen molar-refractivity contribution in [2.45, 2.75) is 36.6 Å². The van der Waals surface area contributed by atoms with Gasteiger partial charge in [0.15, 0.2) is 0 Å². The van der Waals surface area contributed by atoms with Crippen molar-refractivity contribution in [3.8, 4) is 11.8 Å². The van der Waals surface area contributed by atoms with E-state index in [1.165, 1.54) is 0 Å². The number of benzene rings is 1. The molecule has 0 amide bonds. The molecule has 1 aromatic rings. The molecule has 3 atom stereocenters. The number of hydrogen-bond acceptors (Lipinski definition) is 7. The molecule has 2 aliphatic rings. The van der Waals surface area contributed by atoms with E-state index in [0.717, 1.165) is 27.5 Å². The maximum atomic E-state index is 12.3. The molecule has 32 heavy (non-hydrogen) atoms. The molecule has 0 radical (unpaired) electrons. The summed E-state index contributed by atoms with van der Waals surface area (Å²) in [5.41, 5.74) is 2.64. The Kier molecular flexibility index (Phi) is 8.93. The summed E-state index contributed by atoms with van der Waals surface area (Å²) in [7, 11) is -2.73. The van der Waals surface area contributed by atoms with Gasteiger partial charge in [0.1, 0.15) is 18.6 Å². The molecule has 2 N–H and O–H groups in total. The molecule has 1 heterocycles. The number of allylic oxidation sites excluding steroid dienone is 6. The third-order valence-electron chi connectivity index (χ3n) is 4.91. The van der Waals surface area contributed by atoms with Crippen molar-refractivity contribution < 1.29 is 28.1 Å². The van der Waals surface area contributed by atoms with Gasteiger partial charge in [-0.3, -0.25) is 0 Å². The van der Waals surface area contributed by atoms with Gasteiger partial charge in [0.25, 0.3) is 0 Å². The zero-order valence-corrected chi connectivity index (χ0v) is 19.3. The van der Waals surface area contributed by atoms with Crippen LogP contribution >= 0.6 is 10.8 Å². The average molecular weight is 475 g/mol. The number of aryl methyl sites for hydroxylation is 1. The van der Waals surface area contributed by atoms with Gasteiger partial charge in [-0.25, -0.2) is 8.42 Å². The standard InChI is InChI=1S/C24H26O6S2/c1-18-8-12-21(13-9-18)32(27,28)31-17-29-14-4-6-19-5-2-3-7-20(11-10-19)23-15-22(26)24(16-25)30-23/h2-3,5,7-13,22-26H,14-17H2,1H3. The largest absolute Gasteiger partial charge is 0.394 e. The smallest absolute Gasteiger partial charge is 0.232 e. The molecule has 170 valence electrons. The normalized spacial score (nSPS) is 23.0. The second-order valence-corrected chi connectivity index (χ2v) is 11.2. The number of aliphatic hydroxyl groups is 2. The van der Waals surface area contributed by atoms with Crippen LogP contribution < -0.4 is 0 Å². The fourth-order valence-corrected chi connectivity index (χ4v) is 5.34. The lowest BCUT2D eigenvalue weighted by atomic mass is 10.0. The van der Waals surface area contributed by atoms with E-state index in [1.54, 1.807) is 24.3 Å². The highest BCUT2D eigenvalue weighted by molar-refractivity contribution is 8.72. The van der Waals surface area contributed by atoms with E-state index in [0.29, 0.717) is 6.42 Å². The first-order valence-electron chi connectivity index (χ1n) is 10.1. The zero-order valence-electron chi connectivity index (χ0n) is 17.7. The molecule has 1 aromatic carbocycles. The van der Waals surface area contributed by atoms with Crippen LogP contribution in [0.3, 0.4) is 0 Å². The fourth-order valence-electron chi connectivity index (χ4n) is 3.13. The molecule has 1 aliphatic carbocycles. The summed E-state index contributed by atoms with van der Waals surface area (Å²) in [6.07, 6.45) is 10.1. The molecule has 0 spiro atoms. The lowest BCUT2D eigenvalue weighted by molar-refractivity contribution is -0.0123. The maximum absolute atomic E-state index is 12.3. The first-order valence-corrected chi connectivity index (χ1v) is 13.1. The van der Waals surface area contributed by atoms with Crippen molar-refractivity contribution in [2.24, 2.45) is 0 Å². The van der Waals surface area contributed by atoms with Gasteiger partial charge in [-0.15, -0.1) is 0 Å².